The smallest absolute Gasteiger partial charge is 0.313 e. The van der Waals surface area contributed by atoms with Gasteiger partial charge in [0.25, 0.3) is 0 Å². The monoisotopic (exact) mass is 318 g/mol. The van der Waals surface area contributed by atoms with E-state index in [0.29, 0.717) is 17.2 Å². The lowest BCUT2D eigenvalue weighted by molar-refractivity contribution is -0.136. The van der Waals surface area contributed by atoms with Crippen molar-refractivity contribution < 1.29 is 23.8 Å². The first-order valence-corrected chi connectivity index (χ1v) is 6.92. The number of furan rings is 1. The van der Waals surface area contributed by atoms with Gasteiger partial charge in [-0.25, -0.2) is 0 Å². The Bertz CT molecular complexity index is 662. The highest BCUT2D eigenvalue weighted by Crippen LogP contribution is 2.19. The van der Waals surface area contributed by atoms with E-state index in [1.54, 1.807) is 36.4 Å². The van der Waals surface area contributed by atoms with Crippen molar-refractivity contribution in [3.05, 3.63) is 48.4 Å². The summed E-state index contributed by atoms with van der Waals surface area (Å²) in [7, 11) is 1.53. The van der Waals surface area contributed by atoms with E-state index in [-0.39, 0.29) is 6.54 Å². The molecule has 0 bridgehead atoms. The Hall–Kier alpha value is -2.80. The van der Waals surface area contributed by atoms with Gasteiger partial charge in [-0.05, 0) is 43.3 Å². The lowest BCUT2D eigenvalue weighted by Crippen LogP contribution is -2.43. The first-order chi connectivity index (χ1) is 10.9. The number of hydrogen-bond donors (Lipinski definition) is 3. The van der Waals surface area contributed by atoms with Crippen LogP contribution in [0.15, 0.2) is 47.1 Å². The number of hydrogen-bond acceptors (Lipinski definition) is 5. The summed E-state index contributed by atoms with van der Waals surface area (Å²) in [4.78, 5) is 23.6. The van der Waals surface area contributed by atoms with E-state index in [9.17, 15) is 14.7 Å². The number of benzene rings is 1. The van der Waals surface area contributed by atoms with Gasteiger partial charge in [-0.1, -0.05) is 0 Å². The molecule has 1 unspecified atom stereocenters. The first kappa shape index (κ1) is 16.6. The van der Waals surface area contributed by atoms with Crippen LogP contribution in [0.1, 0.15) is 12.7 Å². The molecular weight excluding hydrogens is 300 g/mol. The Labute approximate surface area is 133 Å². The number of ether oxygens (including phenoxy) is 1. The Morgan fingerprint density at radius 2 is 1.91 bits per heavy atom. The topological polar surface area (TPSA) is 101 Å². The number of carbonyl (C=O) groups is 2. The molecule has 2 aromatic rings. The third-order valence-corrected chi connectivity index (χ3v) is 3.20. The third-order valence-electron chi connectivity index (χ3n) is 3.20. The van der Waals surface area contributed by atoms with Crippen LogP contribution in [-0.4, -0.2) is 30.6 Å². The molecule has 0 aliphatic heterocycles. The van der Waals surface area contributed by atoms with Crippen LogP contribution in [-0.2, 0) is 15.2 Å². The molecule has 122 valence electrons. The fraction of sp³-hybridized carbons (Fsp3) is 0.250. The molecule has 0 spiro atoms. The van der Waals surface area contributed by atoms with Crippen molar-refractivity contribution in [2.75, 3.05) is 19.0 Å². The Morgan fingerprint density at radius 3 is 2.48 bits per heavy atom. The average Bonchev–Trinajstić information content (AvgIpc) is 3.08. The summed E-state index contributed by atoms with van der Waals surface area (Å²) in [5, 5.41) is 15.0. The van der Waals surface area contributed by atoms with Gasteiger partial charge in [-0.15, -0.1) is 0 Å². The number of anilines is 1. The number of methoxy groups -OCH3 is 1. The van der Waals surface area contributed by atoms with Crippen molar-refractivity contribution in [1.82, 2.24) is 5.32 Å². The third kappa shape index (κ3) is 4.33. The van der Waals surface area contributed by atoms with Gasteiger partial charge in [-0.2, -0.15) is 0 Å². The lowest BCUT2D eigenvalue weighted by Gasteiger charge is -2.20. The van der Waals surface area contributed by atoms with Gasteiger partial charge in [0.05, 0.1) is 19.9 Å². The highest BCUT2D eigenvalue weighted by Gasteiger charge is 2.28. The van der Waals surface area contributed by atoms with E-state index in [2.05, 4.69) is 10.6 Å². The van der Waals surface area contributed by atoms with Crippen LogP contribution in [0.25, 0.3) is 0 Å². The second-order valence-corrected chi connectivity index (χ2v) is 5.12. The van der Waals surface area contributed by atoms with E-state index in [4.69, 9.17) is 9.15 Å². The average molecular weight is 318 g/mol. The molecule has 23 heavy (non-hydrogen) atoms. The fourth-order valence-electron chi connectivity index (χ4n) is 1.87. The highest BCUT2D eigenvalue weighted by atomic mass is 16.5. The van der Waals surface area contributed by atoms with Crippen LogP contribution in [0.4, 0.5) is 5.69 Å². The summed E-state index contributed by atoms with van der Waals surface area (Å²) in [6.07, 6.45) is 1.42. The minimum Gasteiger partial charge on any atom is -0.497 e. The predicted octanol–water partition coefficient (Wildman–Crippen LogP) is 1.25. The number of carbonyl (C=O) groups excluding carboxylic acids is 2. The lowest BCUT2D eigenvalue weighted by atomic mass is 10.0. The molecule has 1 atom stereocenters. The van der Waals surface area contributed by atoms with Crippen molar-refractivity contribution in [3.8, 4) is 5.75 Å². The van der Waals surface area contributed by atoms with E-state index >= 15 is 0 Å². The molecule has 1 aromatic carbocycles. The zero-order valence-corrected chi connectivity index (χ0v) is 12.8. The van der Waals surface area contributed by atoms with Crippen molar-refractivity contribution in [1.29, 1.82) is 0 Å². The summed E-state index contributed by atoms with van der Waals surface area (Å²) in [6.45, 7) is 1.32. The van der Waals surface area contributed by atoms with Crippen LogP contribution in [0.2, 0.25) is 0 Å². The molecule has 7 heteroatoms. The van der Waals surface area contributed by atoms with Crippen LogP contribution < -0.4 is 15.4 Å². The molecule has 1 heterocycles. The van der Waals surface area contributed by atoms with E-state index in [0.717, 1.165) is 0 Å². The first-order valence-electron chi connectivity index (χ1n) is 6.92. The Morgan fingerprint density at radius 1 is 1.22 bits per heavy atom. The van der Waals surface area contributed by atoms with Crippen molar-refractivity contribution in [2.24, 2.45) is 0 Å². The van der Waals surface area contributed by atoms with Gasteiger partial charge < -0.3 is 24.9 Å². The minimum absolute atomic E-state index is 0.157. The summed E-state index contributed by atoms with van der Waals surface area (Å²) < 4.78 is 10.1. The van der Waals surface area contributed by atoms with E-state index < -0.39 is 17.4 Å². The summed E-state index contributed by atoms with van der Waals surface area (Å²) >= 11 is 0. The normalized spacial score (nSPS) is 13.0. The summed E-state index contributed by atoms with van der Waals surface area (Å²) in [5.74, 6) is -0.742. The van der Waals surface area contributed by atoms with Crippen LogP contribution in [0.3, 0.4) is 0 Å². The molecule has 2 rings (SSSR count). The van der Waals surface area contributed by atoms with Crippen LogP contribution >= 0.6 is 0 Å². The van der Waals surface area contributed by atoms with Crippen molar-refractivity contribution in [2.45, 2.75) is 12.5 Å². The Balaban J connectivity index is 1.88. The number of nitrogens with one attached hydrogen (secondary N) is 2. The van der Waals surface area contributed by atoms with Gasteiger partial charge >= 0.3 is 11.8 Å². The quantitative estimate of drug-likeness (QED) is 0.720. The van der Waals surface area contributed by atoms with Crippen molar-refractivity contribution >= 4 is 17.5 Å². The summed E-state index contributed by atoms with van der Waals surface area (Å²) in [6, 6.07) is 9.77. The second-order valence-electron chi connectivity index (χ2n) is 5.12. The van der Waals surface area contributed by atoms with Crippen LogP contribution in [0.5, 0.6) is 5.75 Å². The van der Waals surface area contributed by atoms with Gasteiger partial charge in [0.1, 0.15) is 17.1 Å². The molecule has 0 radical (unpaired) electrons. The number of amides is 2. The maximum Gasteiger partial charge on any atom is 0.313 e. The largest absolute Gasteiger partial charge is 0.497 e. The van der Waals surface area contributed by atoms with Crippen molar-refractivity contribution in [3.63, 3.8) is 0 Å². The number of aliphatic hydroxyl groups is 1. The number of rotatable bonds is 5. The molecule has 1 aromatic heterocycles. The maximum absolute atomic E-state index is 11.8. The molecule has 3 N–H and O–H groups in total. The molecule has 0 fully saturated rings. The van der Waals surface area contributed by atoms with Gasteiger partial charge in [0.2, 0.25) is 0 Å². The predicted molar refractivity (Wildman–Crippen MR) is 82.9 cm³/mol. The molecule has 0 aliphatic rings. The molecule has 2 amide bonds. The SMILES string of the molecule is COc1ccc(NC(=O)C(=O)NCC(C)(O)c2ccco2)cc1. The molecular formula is C16H18N2O5. The highest BCUT2D eigenvalue weighted by molar-refractivity contribution is 6.39. The standard InChI is InChI=1S/C16H18N2O5/c1-16(21,13-4-3-9-23-13)10-17-14(19)15(20)18-11-5-7-12(22-2)8-6-11/h3-9,21H,10H2,1-2H3,(H,17,19)(H,18,20). The van der Waals surface area contributed by atoms with Crippen LogP contribution in [0, 0.1) is 0 Å². The summed E-state index contributed by atoms with van der Waals surface area (Å²) in [5.41, 5.74) is -0.941. The second kappa shape index (κ2) is 6.97. The maximum atomic E-state index is 11.8. The van der Waals surface area contributed by atoms with Gasteiger partial charge in [-0.3, -0.25) is 9.59 Å². The molecule has 0 saturated carbocycles. The molecule has 7 nitrogen and oxygen atoms in total. The van der Waals surface area contributed by atoms with Gasteiger partial charge in [0.15, 0.2) is 0 Å². The zero-order chi connectivity index (χ0) is 16.9. The zero-order valence-electron chi connectivity index (χ0n) is 12.8. The molecule has 0 aliphatic carbocycles. The fourth-order valence-corrected chi connectivity index (χ4v) is 1.87. The van der Waals surface area contributed by atoms with E-state index in [1.165, 1.54) is 20.3 Å². The van der Waals surface area contributed by atoms with E-state index in [1.807, 2.05) is 0 Å². The Kier molecular flexibility index (Phi) is 5.02. The molecule has 0 saturated heterocycles. The minimum atomic E-state index is -1.40. The van der Waals surface area contributed by atoms with Gasteiger partial charge in [0, 0.05) is 5.69 Å².